The van der Waals surface area contributed by atoms with Crippen LogP contribution in [0, 0.1) is 5.92 Å². The van der Waals surface area contributed by atoms with Crippen molar-refractivity contribution >= 4 is 15.9 Å². The van der Waals surface area contributed by atoms with Gasteiger partial charge < -0.3 is 5.73 Å². The van der Waals surface area contributed by atoms with Crippen molar-refractivity contribution in [3.05, 3.63) is 29.3 Å². The number of benzene rings is 1. The maximum absolute atomic E-state index is 11.8. The molecule has 0 aromatic heterocycles. The molecule has 0 heterocycles. The lowest BCUT2D eigenvalue weighted by Gasteiger charge is -2.10. The fraction of sp³-hybridized carbons (Fsp3) is 0.364. The molecule has 0 saturated heterocycles. The monoisotopic (exact) mass is 257 g/mol. The van der Waals surface area contributed by atoms with E-state index < -0.39 is 10.1 Å². The van der Waals surface area contributed by atoms with Crippen LogP contribution in [-0.2, 0) is 16.7 Å². The van der Waals surface area contributed by atoms with Crippen LogP contribution in [0.15, 0.2) is 23.1 Å². The van der Waals surface area contributed by atoms with E-state index in [4.69, 9.17) is 10.3 Å². The molecule has 0 saturated carbocycles. The van der Waals surface area contributed by atoms with Gasteiger partial charge in [0.1, 0.15) is 0 Å². The predicted octanol–water partition coefficient (Wildman–Crippen LogP) is 1.23. The molecule has 0 bridgehead atoms. The lowest BCUT2D eigenvalue weighted by molar-refractivity contribution is 0.0938. The second-order valence-electron chi connectivity index (χ2n) is 4.02. The largest absolute Gasteiger partial charge is 0.326 e. The lowest BCUT2D eigenvalue weighted by atomic mass is 9.96. The van der Waals surface area contributed by atoms with Crippen LogP contribution in [-0.4, -0.2) is 18.8 Å². The highest BCUT2D eigenvalue weighted by molar-refractivity contribution is 7.85. The van der Waals surface area contributed by atoms with Crippen molar-refractivity contribution < 1.29 is 17.8 Å². The van der Waals surface area contributed by atoms with Crippen LogP contribution in [0.25, 0.3) is 0 Å². The second kappa shape index (κ2) is 4.95. The Bertz CT molecular complexity index is 534. The van der Waals surface area contributed by atoms with Crippen molar-refractivity contribution in [2.45, 2.75) is 25.3 Å². The van der Waals surface area contributed by atoms with E-state index in [2.05, 4.69) is 0 Å². The number of carbonyl (C=O) groups excluding carboxylic acids is 1. The number of hydrogen-bond donors (Lipinski definition) is 2. The Labute approximate surface area is 100 Å². The number of hydrogen-bond acceptors (Lipinski definition) is 4. The summed E-state index contributed by atoms with van der Waals surface area (Å²) in [4.78, 5) is 11.6. The van der Waals surface area contributed by atoms with Crippen LogP contribution >= 0.6 is 0 Å². The third-order valence-corrected chi connectivity index (χ3v) is 3.23. The van der Waals surface area contributed by atoms with E-state index in [1.54, 1.807) is 13.8 Å². The van der Waals surface area contributed by atoms with Crippen LogP contribution in [0.3, 0.4) is 0 Å². The van der Waals surface area contributed by atoms with E-state index in [0.717, 1.165) is 0 Å². The summed E-state index contributed by atoms with van der Waals surface area (Å²) in [5, 5.41) is 0. The maximum Gasteiger partial charge on any atom is 0.294 e. The molecule has 0 radical (unpaired) electrons. The molecule has 0 unspecified atom stereocenters. The highest BCUT2D eigenvalue weighted by atomic mass is 32.2. The number of Topliss-reactive ketones (excluding diaryl/α,β-unsaturated/α-hetero) is 1. The molecule has 0 aliphatic rings. The van der Waals surface area contributed by atoms with Crippen molar-refractivity contribution in [1.82, 2.24) is 0 Å². The van der Waals surface area contributed by atoms with Crippen LogP contribution < -0.4 is 5.73 Å². The van der Waals surface area contributed by atoms with Gasteiger partial charge in [-0.25, -0.2) is 0 Å². The second-order valence-corrected chi connectivity index (χ2v) is 5.44. The van der Waals surface area contributed by atoms with Crippen molar-refractivity contribution in [1.29, 1.82) is 0 Å². The SMILES string of the molecule is CC(C)C(=O)c1ccc(S(=O)(=O)O)cc1CN. The van der Waals surface area contributed by atoms with E-state index in [-0.39, 0.29) is 23.1 Å². The van der Waals surface area contributed by atoms with Gasteiger partial charge in [0, 0.05) is 18.0 Å². The first kappa shape index (κ1) is 13.8. The molecule has 6 heteroatoms. The van der Waals surface area contributed by atoms with Gasteiger partial charge in [-0.1, -0.05) is 13.8 Å². The zero-order valence-electron chi connectivity index (χ0n) is 9.67. The van der Waals surface area contributed by atoms with Gasteiger partial charge in [-0.2, -0.15) is 8.42 Å². The number of rotatable bonds is 4. The van der Waals surface area contributed by atoms with Crippen molar-refractivity contribution in [2.24, 2.45) is 11.7 Å². The van der Waals surface area contributed by atoms with Gasteiger partial charge in [0.25, 0.3) is 10.1 Å². The summed E-state index contributed by atoms with van der Waals surface area (Å²) in [6.45, 7) is 3.54. The zero-order chi connectivity index (χ0) is 13.2. The fourth-order valence-electron chi connectivity index (χ4n) is 1.45. The van der Waals surface area contributed by atoms with Gasteiger partial charge in [-0.05, 0) is 23.8 Å². The topological polar surface area (TPSA) is 97.5 Å². The maximum atomic E-state index is 11.8. The Kier molecular flexibility index (Phi) is 4.03. The minimum absolute atomic E-state index is 0.0388. The first-order valence-electron chi connectivity index (χ1n) is 5.12. The molecular formula is C11H15NO4S. The molecule has 0 amide bonds. The quantitative estimate of drug-likeness (QED) is 0.624. The van der Waals surface area contributed by atoms with Crippen molar-refractivity contribution in [3.8, 4) is 0 Å². The van der Waals surface area contributed by atoms with Gasteiger partial charge in [0.05, 0.1) is 4.90 Å². The summed E-state index contributed by atoms with van der Waals surface area (Å²) < 4.78 is 30.8. The van der Waals surface area contributed by atoms with E-state index in [1.165, 1.54) is 18.2 Å². The Hall–Kier alpha value is -1.24. The molecule has 1 aromatic carbocycles. The third-order valence-electron chi connectivity index (χ3n) is 2.38. The third kappa shape index (κ3) is 3.12. The number of nitrogens with two attached hydrogens (primary N) is 1. The zero-order valence-corrected chi connectivity index (χ0v) is 10.5. The molecule has 0 fully saturated rings. The number of carbonyl (C=O) groups is 1. The molecule has 0 atom stereocenters. The highest BCUT2D eigenvalue weighted by Crippen LogP contribution is 2.18. The molecule has 0 aliphatic heterocycles. The standard InChI is InChI=1S/C11H15NO4S/c1-7(2)11(13)10-4-3-9(17(14,15)16)5-8(10)6-12/h3-5,7H,6,12H2,1-2H3,(H,14,15,16). The van der Waals surface area contributed by atoms with Gasteiger partial charge in [-0.3, -0.25) is 9.35 Å². The summed E-state index contributed by atoms with van der Waals surface area (Å²) >= 11 is 0. The smallest absolute Gasteiger partial charge is 0.294 e. The molecule has 17 heavy (non-hydrogen) atoms. The lowest BCUT2D eigenvalue weighted by Crippen LogP contribution is -2.13. The molecule has 0 spiro atoms. The average Bonchev–Trinajstić information content (AvgIpc) is 2.25. The Morgan fingerprint density at radius 3 is 2.41 bits per heavy atom. The summed E-state index contributed by atoms with van der Waals surface area (Å²) in [5.74, 6) is -0.302. The van der Waals surface area contributed by atoms with Gasteiger partial charge in [0.15, 0.2) is 5.78 Å². The predicted molar refractivity (Wildman–Crippen MR) is 63.3 cm³/mol. The van der Waals surface area contributed by atoms with Crippen LogP contribution in [0.4, 0.5) is 0 Å². The first-order chi connectivity index (χ1) is 7.77. The van der Waals surface area contributed by atoms with E-state index in [0.29, 0.717) is 11.1 Å². The molecule has 0 aliphatic carbocycles. The van der Waals surface area contributed by atoms with Crippen LogP contribution in [0.5, 0.6) is 0 Å². The Morgan fingerprint density at radius 1 is 1.41 bits per heavy atom. The molecule has 3 N–H and O–H groups in total. The average molecular weight is 257 g/mol. The van der Waals surface area contributed by atoms with Gasteiger partial charge in [-0.15, -0.1) is 0 Å². The molecule has 1 aromatic rings. The van der Waals surface area contributed by atoms with Crippen molar-refractivity contribution in [2.75, 3.05) is 0 Å². The molecular weight excluding hydrogens is 242 g/mol. The van der Waals surface area contributed by atoms with Crippen molar-refractivity contribution in [3.63, 3.8) is 0 Å². The molecule has 1 rings (SSSR count). The van der Waals surface area contributed by atoms with E-state index >= 15 is 0 Å². The fourth-order valence-corrected chi connectivity index (χ4v) is 1.98. The van der Waals surface area contributed by atoms with E-state index in [9.17, 15) is 13.2 Å². The summed E-state index contributed by atoms with van der Waals surface area (Å²) in [6, 6.07) is 3.81. The van der Waals surface area contributed by atoms with Gasteiger partial charge in [0.2, 0.25) is 0 Å². The summed E-state index contributed by atoms with van der Waals surface area (Å²) in [5.41, 5.74) is 6.29. The minimum Gasteiger partial charge on any atom is -0.326 e. The van der Waals surface area contributed by atoms with Crippen LogP contribution in [0.2, 0.25) is 0 Å². The summed E-state index contributed by atoms with van der Waals surface area (Å²) in [6.07, 6.45) is 0. The molecule has 94 valence electrons. The minimum atomic E-state index is -4.26. The highest BCUT2D eigenvalue weighted by Gasteiger charge is 2.17. The Balaban J connectivity index is 3.34. The normalized spacial score (nSPS) is 11.8. The van der Waals surface area contributed by atoms with Crippen LogP contribution in [0.1, 0.15) is 29.8 Å². The first-order valence-corrected chi connectivity index (χ1v) is 6.56. The van der Waals surface area contributed by atoms with Gasteiger partial charge >= 0.3 is 0 Å². The Morgan fingerprint density at radius 2 is 2.00 bits per heavy atom. The summed E-state index contributed by atoms with van der Waals surface area (Å²) in [7, 11) is -4.26. The number of ketones is 1. The van der Waals surface area contributed by atoms with E-state index in [1.807, 2.05) is 0 Å². The molecule has 5 nitrogen and oxygen atoms in total.